The highest BCUT2D eigenvalue weighted by Gasteiger charge is 2.26. The quantitative estimate of drug-likeness (QED) is 0.740. The minimum Gasteiger partial charge on any atom is -0.317 e. The largest absolute Gasteiger partial charge is 0.317 e. The SMILES string of the molecule is C=C(Cl)CC1CC(NC)CCC1C. The summed E-state index contributed by atoms with van der Waals surface area (Å²) in [6.45, 7) is 6.11. The molecule has 0 aromatic carbocycles. The molecule has 0 aromatic rings. The summed E-state index contributed by atoms with van der Waals surface area (Å²) in [4.78, 5) is 0. The van der Waals surface area contributed by atoms with Gasteiger partial charge in [-0.3, -0.25) is 0 Å². The van der Waals surface area contributed by atoms with Crippen molar-refractivity contribution in [1.82, 2.24) is 5.32 Å². The maximum Gasteiger partial charge on any atom is 0.0112 e. The molecule has 13 heavy (non-hydrogen) atoms. The molecule has 3 unspecified atom stereocenters. The van der Waals surface area contributed by atoms with Crippen LogP contribution in [0.25, 0.3) is 0 Å². The Hall–Kier alpha value is -0.0100. The number of rotatable bonds is 3. The van der Waals surface area contributed by atoms with Crippen molar-refractivity contribution in [2.45, 2.75) is 38.6 Å². The van der Waals surface area contributed by atoms with Crippen molar-refractivity contribution < 1.29 is 0 Å². The van der Waals surface area contributed by atoms with Gasteiger partial charge in [0.2, 0.25) is 0 Å². The van der Waals surface area contributed by atoms with Crippen LogP contribution in [0, 0.1) is 11.8 Å². The smallest absolute Gasteiger partial charge is 0.0112 e. The van der Waals surface area contributed by atoms with E-state index in [0.29, 0.717) is 6.04 Å². The summed E-state index contributed by atoms with van der Waals surface area (Å²) in [5.74, 6) is 1.54. The Balaban J connectivity index is 2.44. The highest BCUT2D eigenvalue weighted by molar-refractivity contribution is 6.29. The molecule has 0 aliphatic heterocycles. The first kappa shape index (κ1) is 11.1. The van der Waals surface area contributed by atoms with Gasteiger partial charge >= 0.3 is 0 Å². The van der Waals surface area contributed by atoms with Crippen LogP contribution < -0.4 is 5.32 Å². The molecule has 1 aliphatic rings. The van der Waals surface area contributed by atoms with Gasteiger partial charge in [-0.05, 0) is 44.6 Å². The van der Waals surface area contributed by atoms with Crippen molar-refractivity contribution in [2.24, 2.45) is 11.8 Å². The normalized spacial score (nSPS) is 34.5. The van der Waals surface area contributed by atoms with E-state index in [0.717, 1.165) is 23.3 Å². The zero-order valence-electron chi connectivity index (χ0n) is 8.65. The highest BCUT2D eigenvalue weighted by atomic mass is 35.5. The second-order valence-corrected chi connectivity index (χ2v) is 4.79. The number of hydrogen-bond acceptors (Lipinski definition) is 1. The van der Waals surface area contributed by atoms with E-state index >= 15 is 0 Å². The van der Waals surface area contributed by atoms with Gasteiger partial charge in [0.25, 0.3) is 0 Å². The summed E-state index contributed by atoms with van der Waals surface area (Å²) >= 11 is 5.85. The Bertz CT molecular complexity index is 179. The minimum absolute atomic E-state index is 0.692. The maximum atomic E-state index is 5.85. The molecular weight excluding hydrogens is 182 g/mol. The third-order valence-corrected chi connectivity index (χ3v) is 3.41. The number of allylic oxidation sites excluding steroid dienone is 1. The Kier molecular flexibility index (Phi) is 4.27. The van der Waals surface area contributed by atoms with Crippen LogP contribution in [0.2, 0.25) is 0 Å². The molecule has 76 valence electrons. The molecule has 0 radical (unpaired) electrons. The Morgan fingerprint density at radius 3 is 2.77 bits per heavy atom. The van der Waals surface area contributed by atoms with Crippen molar-refractivity contribution in [2.75, 3.05) is 7.05 Å². The van der Waals surface area contributed by atoms with E-state index in [1.165, 1.54) is 19.3 Å². The first-order chi connectivity index (χ1) is 6.13. The Morgan fingerprint density at radius 2 is 2.23 bits per heavy atom. The molecule has 1 rings (SSSR count). The van der Waals surface area contributed by atoms with Crippen LogP contribution in [-0.4, -0.2) is 13.1 Å². The monoisotopic (exact) mass is 201 g/mol. The van der Waals surface area contributed by atoms with Crippen molar-refractivity contribution in [1.29, 1.82) is 0 Å². The van der Waals surface area contributed by atoms with Crippen LogP contribution in [0.4, 0.5) is 0 Å². The van der Waals surface area contributed by atoms with Gasteiger partial charge in [-0.25, -0.2) is 0 Å². The van der Waals surface area contributed by atoms with Gasteiger partial charge in [-0.2, -0.15) is 0 Å². The topological polar surface area (TPSA) is 12.0 Å². The van der Waals surface area contributed by atoms with Gasteiger partial charge in [-0.15, -0.1) is 0 Å². The van der Waals surface area contributed by atoms with Crippen LogP contribution in [0.3, 0.4) is 0 Å². The lowest BCUT2D eigenvalue weighted by Crippen LogP contribution is -2.34. The summed E-state index contributed by atoms with van der Waals surface area (Å²) in [5, 5.41) is 4.17. The Morgan fingerprint density at radius 1 is 1.54 bits per heavy atom. The Labute approximate surface area is 86.5 Å². The lowest BCUT2D eigenvalue weighted by molar-refractivity contribution is 0.217. The molecule has 1 saturated carbocycles. The van der Waals surface area contributed by atoms with Crippen molar-refractivity contribution in [3.05, 3.63) is 11.6 Å². The average molecular weight is 202 g/mol. The fourth-order valence-electron chi connectivity index (χ4n) is 2.25. The summed E-state index contributed by atoms with van der Waals surface area (Å²) in [6.07, 6.45) is 4.87. The molecule has 0 spiro atoms. The van der Waals surface area contributed by atoms with Crippen molar-refractivity contribution in [3.8, 4) is 0 Å². The van der Waals surface area contributed by atoms with E-state index in [1.54, 1.807) is 0 Å². The molecule has 1 aliphatic carbocycles. The number of nitrogens with one attached hydrogen (secondary N) is 1. The molecule has 0 saturated heterocycles. The predicted molar refractivity (Wildman–Crippen MR) is 59.0 cm³/mol. The van der Waals surface area contributed by atoms with Gasteiger partial charge < -0.3 is 5.32 Å². The van der Waals surface area contributed by atoms with E-state index in [4.69, 9.17) is 11.6 Å². The lowest BCUT2D eigenvalue weighted by Gasteiger charge is -2.34. The van der Waals surface area contributed by atoms with Crippen molar-refractivity contribution in [3.63, 3.8) is 0 Å². The van der Waals surface area contributed by atoms with E-state index in [1.807, 2.05) is 7.05 Å². The minimum atomic E-state index is 0.692. The molecule has 3 atom stereocenters. The van der Waals surface area contributed by atoms with Crippen LogP contribution >= 0.6 is 11.6 Å². The standard InChI is InChI=1S/C11H20ClN/c1-8-4-5-11(13-3)7-10(8)6-9(2)12/h8,10-11,13H,2,4-7H2,1,3H3. The van der Waals surface area contributed by atoms with E-state index < -0.39 is 0 Å². The predicted octanol–water partition coefficient (Wildman–Crippen LogP) is 3.15. The number of hydrogen-bond donors (Lipinski definition) is 1. The molecular formula is C11H20ClN. The first-order valence-electron chi connectivity index (χ1n) is 5.14. The van der Waals surface area contributed by atoms with E-state index in [-0.39, 0.29) is 0 Å². The summed E-state index contributed by atoms with van der Waals surface area (Å²) in [6, 6.07) is 0.692. The third-order valence-electron chi connectivity index (χ3n) is 3.25. The zero-order valence-corrected chi connectivity index (χ0v) is 9.40. The second-order valence-electron chi connectivity index (χ2n) is 4.26. The fraction of sp³-hybridized carbons (Fsp3) is 0.818. The molecule has 0 heterocycles. The van der Waals surface area contributed by atoms with Crippen molar-refractivity contribution >= 4 is 11.6 Å². The lowest BCUT2D eigenvalue weighted by atomic mass is 9.76. The molecule has 0 bridgehead atoms. The zero-order chi connectivity index (χ0) is 9.84. The van der Waals surface area contributed by atoms with E-state index in [9.17, 15) is 0 Å². The molecule has 1 nitrogen and oxygen atoms in total. The van der Waals surface area contributed by atoms with Crippen LogP contribution in [0.5, 0.6) is 0 Å². The summed E-state index contributed by atoms with van der Waals surface area (Å²) in [7, 11) is 2.05. The van der Waals surface area contributed by atoms with Crippen LogP contribution in [-0.2, 0) is 0 Å². The summed E-state index contributed by atoms with van der Waals surface area (Å²) in [5.41, 5.74) is 0. The van der Waals surface area contributed by atoms with E-state index in [2.05, 4.69) is 18.8 Å². The highest BCUT2D eigenvalue weighted by Crippen LogP contribution is 2.34. The third kappa shape index (κ3) is 3.32. The fourth-order valence-corrected chi connectivity index (χ4v) is 2.44. The van der Waals surface area contributed by atoms with Gasteiger partial charge in [0.15, 0.2) is 0 Å². The van der Waals surface area contributed by atoms with Gasteiger partial charge in [0.1, 0.15) is 0 Å². The molecule has 2 heteroatoms. The molecule has 0 amide bonds. The number of halogens is 1. The average Bonchev–Trinajstić information content (AvgIpc) is 2.08. The second kappa shape index (κ2) is 5.02. The van der Waals surface area contributed by atoms with Gasteiger partial charge in [0.05, 0.1) is 0 Å². The molecule has 1 fully saturated rings. The van der Waals surface area contributed by atoms with Gasteiger partial charge in [-0.1, -0.05) is 25.1 Å². The van der Waals surface area contributed by atoms with Crippen LogP contribution in [0.15, 0.2) is 11.6 Å². The summed E-state index contributed by atoms with van der Waals surface area (Å²) < 4.78 is 0. The van der Waals surface area contributed by atoms with Crippen LogP contribution in [0.1, 0.15) is 32.6 Å². The molecule has 1 N–H and O–H groups in total. The first-order valence-corrected chi connectivity index (χ1v) is 5.51. The maximum absolute atomic E-state index is 5.85. The van der Waals surface area contributed by atoms with Gasteiger partial charge in [0, 0.05) is 11.1 Å². The molecule has 0 aromatic heterocycles.